The molecule has 1 aromatic heterocycles. The Balaban J connectivity index is 0.000000309. The average Bonchev–Trinajstić information content (AvgIpc) is 2.47. The lowest BCUT2D eigenvalue weighted by molar-refractivity contribution is -0.662. The van der Waals surface area contributed by atoms with Crippen molar-refractivity contribution in [3.8, 4) is 0 Å². The lowest BCUT2D eigenvalue weighted by Gasteiger charge is -2.01. The molecule has 0 unspecified atom stereocenters. The maximum Gasteiger partial charge on any atom is 0.673 e. The third-order valence-electron chi connectivity index (χ3n) is 2.98. The van der Waals surface area contributed by atoms with Gasteiger partial charge in [0.2, 0.25) is 5.52 Å². The van der Waals surface area contributed by atoms with Gasteiger partial charge in [-0.2, -0.15) is 4.57 Å². The van der Waals surface area contributed by atoms with Crippen LogP contribution in [0.2, 0.25) is 0 Å². The second-order valence-corrected chi connectivity index (χ2v) is 4.68. The third kappa shape index (κ3) is 5.20. The van der Waals surface area contributed by atoms with E-state index in [4.69, 9.17) is 0 Å². The van der Waals surface area contributed by atoms with Crippen LogP contribution in [0.3, 0.4) is 0 Å². The van der Waals surface area contributed by atoms with Gasteiger partial charge in [0.1, 0.15) is 0 Å². The van der Waals surface area contributed by atoms with E-state index in [0.29, 0.717) is 0 Å². The molecule has 0 aliphatic rings. The summed E-state index contributed by atoms with van der Waals surface area (Å²) in [6, 6.07) is 23.3. The number of hydrogen-bond acceptors (Lipinski definition) is 0. The van der Waals surface area contributed by atoms with Gasteiger partial charge in [-0.3, -0.25) is 0 Å². The van der Waals surface area contributed by atoms with Crippen LogP contribution in [-0.2, 0) is 6.54 Å². The molecule has 1 nitrogen and oxygen atoms in total. The zero-order chi connectivity index (χ0) is 16.0. The molecule has 0 aliphatic heterocycles. The van der Waals surface area contributed by atoms with E-state index in [0.717, 1.165) is 6.54 Å². The van der Waals surface area contributed by atoms with Gasteiger partial charge in [0.15, 0.2) is 12.7 Å². The maximum absolute atomic E-state index is 9.75. The molecule has 0 fully saturated rings. The maximum atomic E-state index is 9.75. The molecule has 0 saturated heterocycles. The Morgan fingerprint density at radius 1 is 0.727 bits per heavy atom. The number of hydrogen-bond donors (Lipinski definition) is 0. The van der Waals surface area contributed by atoms with Gasteiger partial charge in [0.25, 0.3) is 0 Å². The number of rotatable bonds is 2. The van der Waals surface area contributed by atoms with Gasteiger partial charge in [-0.25, -0.2) is 0 Å². The Bertz CT molecular complexity index is 718. The zero-order valence-electron chi connectivity index (χ0n) is 11.7. The number of benzene rings is 2. The smallest absolute Gasteiger partial charge is 0.418 e. The fourth-order valence-corrected chi connectivity index (χ4v) is 2.14. The molecule has 0 N–H and O–H groups in total. The minimum Gasteiger partial charge on any atom is -0.418 e. The first-order valence-corrected chi connectivity index (χ1v) is 6.72. The van der Waals surface area contributed by atoms with E-state index in [1.807, 2.05) is 0 Å². The summed E-state index contributed by atoms with van der Waals surface area (Å²) in [5.74, 6) is 0. The highest BCUT2D eigenvalue weighted by atomic mass is 19.5. The predicted molar refractivity (Wildman–Crippen MR) is 79.9 cm³/mol. The van der Waals surface area contributed by atoms with Crippen molar-refractivity contribution in [3.63, 3.8) is 0 Å². The molecular formula is C16H14BF4N. The standard InChI is InChI=1S/C16H14N.BF4/c1-2-7-14(8-3-1)13-17-12-6-10-15-9-4-5-11-16(15)17;2-1(3,4)5/h1-12H,13H2;/q+1;-1. The van der Waals surface area contributed by atoms with E-state index in [1.54, 1.807) is 0 Å². The predicted octanol–water partition coefficient (Wildman–Crippen LogP) is 4.48. The Morgan fingerprint density at radius 2 is 1.27 bits per heavy atom. The van der Waals surface area contributed by atoms with Gasteiger partial charge in [-0.05, 0) is 12.1 Å². The molecule has 22 heavy (non-hydrogen) atoms. The molecule has 2 aromatic carbocycles. The second-order valence-electron chi connectivity index (χ2n) is 4.68. The number of fused-ring (bicyclic) bond motifs is 1. The summed E-state index contributed by atoms with van der Waals surface area (Å²) in [4.78, 5) is 0. The van der Waals surface area contributed by atoms with E-state index in [1.165, 1.54) is 16.5 Å². The Hall–Kier alpha value is -2.37. The van der Waals surface area contributed by atoms with Gasteiger partial charge in [-0.1, -0.05) is 42.5 Å². The van der Waals surface area contributed by atoms with Crippen LogP contribution < -0.4 is 4.57 Å². The fourth-order valence-electron chi connectivity index (χ4n) is 2.14. The minimum atomic E-state index is -6.00. The van der Waals surface area contributed by atoms with Crippen molar-refractivity contribution < 1.29 is 21.8 Å². The van der Waals surface area contributed by atoms with Crippen molar-refractivity contribution in [1.82, 2.24) is 0 Å². The molecule has 0 aliphatic carbocycles. The minimum absolute atomic E-state index is 0.919. The Kier molecular flexibility index (Phi) is 5.14. The van der Waals surface area contributed by atoms with Gasteiger partial charge >= 0.3 is 7.25 Å². The van der Waals surface area contributed by atoms with Crippen LogP contribution in [0.4, 0.5) is 17.3 Å². The van der Waals surface area contributed by atoms with Crippen molar-refractivity contribution in [2.75, 3.05) is 0 Å². The molecule has 114 valence electrons. The monoisotopic (exact) mass is 307 g/mol. The molecule has 6 heteroatoms. The summed E-state index contributed by atoms with van der Waals surface area (Å²) in [7, 11) is -6.00. The molecule has 3 rings (SSSR count). The SMILES string of the molecule is F[B-](F)(F)F.c1ccc(C[n+]2cccc3ccccc32)cc1. The summed E-state index contributed by atoms with van der Waals surface area (Å²) < 4.78 is 41.3. The molecule has 0 amide bonds. The molecule has 0 spiro atoms. The summed E-state index contributed by atoms with van der Waals surface area (Å²) in [5.41, 5.74) is 2.60. The number of pyridine rings is 1. The molecule has 0 radical (unpaired) electrons. The average molecular weight is 307 g/mol. The normalized spacial score (nSPS) is 10.9. The first kappa shape index (κ1) is 16.0. The van der Waals surface area contributed by atoms with E-state index < -0.39 is 7.25 Å². The number of nitrogens with zero attached hydrogens (tertiary/aromatic N) is 1. The van der Waals surface area contributed by atoms with E-state index >= 15 is 0 Å². The van der Waals surface area contributed by atoms with Gasteiger partial charge in [-0.15, -0.1) is 0 Å². The first-order chi connectivity index (χ1) is 10.4. The molecule has 3 aromatic rings. The fraction of sp³-hybridized carbons (Fsp3) is 0.0625. The highest BCUT2D eigenvalue weighted by Crippen LogP contribution is 2.09. The second kappa shape index (κ2) is 7.07. The van der Waals surface area contributed by atoms with Crippen LogP contribution in [-0.4, -0.2) is 7.25 Å². The Labute approximate surface area is 125 Å². The first-order valence-electron chi connectivity index (χ1n) is 6.72. The molecule has 0 saturated carbocycles. The van der Waals surface area contributed by atoms with E-state index in [2.05, 4.69) is 77.5 Å². The van der Waals surface area contributed by atoms with Gasteiger partial charge in [0.05, 0.1) is 0 Å². The molecule has 1 heterocycles. The van der Waals surface area contributed by atoms with Crippen LogP contribution in [0.25, 0.3) is 10.9 Å². The van der Waals surface area contributed by atoms with Crippen LogP contribution >= 0.6 is 0 Å². The quantitative estimate of drug-likeness (QED) is 0.373. The third-order valence-corrected chi connectivity index (χ3v) is 2.98. The highest BCUT2D eigenvalue weighted by molar-refractivity contribution is 6.50. The zero-order valence-corrected chi connectivity index (χ0v) is 11.7. The van der Waals surface area contributed by atoms with Crippen LogP contribution in [0.1, 0.15) is 5.56 Å². The summed E-state index contributed by atoms with van der Waals surface area (Å²) in [5, 5.41) is 1.28. The van der Waals surface area contributed by atoms with E-state index in [-0.39, 0.29) is 0 Å². The topological polar surface area (TPSA) is 3.88 Å². The molecular weight excluding hydrogens is 293 g/mol. The van der Waals surface area contributed by atoms with Crippen LogP contribution in [0.15, 0.2) is 72.9 Å². The van der Waals surface area contributed by atoms with Gasteiger partial charge < -0.3 is 17.3 Å². The molecule has 0 bridgehead atoms. The lowest BCUT2D eigenvalue weighted by atomic mass is 10.2. The van der Waals surface area contributed by atoms with Crippen molar-refractivity contribution in [2.24, 2.45) is 0 Å². The van der Waals surface area contributed by atoms with Gasteiger partial charge in [0, 0.05) is 23.1 Å². The van der Waals surface area contributed by atoms with Crippen molar-refractivity contribution in [2.45, 2.75) is 6.54 Å². The van der Waals surface area contributed by atoms with Crippen LogP contribution in [0.5, 0.6) is 0 Å². The van der Waals surface area contributed by atoms with Crippen molar-refractivity contribution in [3.05, 3.63) is 78.5 Å². The summed E-state index contributed by atoms with van der Waals surface area (Å²) in [6.07, 6.45) is 2.13. The largest absolute Gasteiger partial charge is 0.673 e. The Morgan fingerprint density at radius 3 is 1.95 bits per heavy atom. The highest BCUT2D eigenvalue weighted by Gasteiger charge is 2.20. The number of para-hydroxylation sites is 1. The lowest BCUT2D eigenvalue weighted by Crippen LogP contribution is -2.34. The number of aromatic nitrogens is 1. The summed E-state index contributed by atoms with van der Waals surface area (Å²) in [6.45, 7) is 0.919. The van der Waals surface area contributed by atoms with Crippen LogP contribution in [0, 0.1) is 0 Å². The number of halogens is 4. The summed E-state index contributed by atoms with van der Waals surface area (Å²) >= 11 is 0. The van der Waals surface area contributed by atoms with Crippen molar-refractivity contribution >= 4 is 18.2 Å². The van der Waals surface area contributed by atoms with Crippen molar-refractivity contribution in [1.29, 1.82) is 0 Å². The molecule has 0 atom stereocenters. The van der Waals surface area contributed by atoms with E-state index in [9.17, 15) is 17.3 Å².